The zero-order chi connectivity index (χ0) is 13.5. The SMILES string of the molecule is COc1ccc(CNC(=O)Nc2cccnc2)cc1. The number of amides is 2. The van der Waals surface area contributed by atoms with Crippen LogP contribution in [0.15, 0.2) is 48.8 Å². The molecular formula is C14H15N3O2. The van der Waals surface area contributed by atoms with Crippen molar-refractivity contribution < 1.29 is 9.53 Å². The lowest BCUT2D eigenvalue weighted by Crippen LogP contribution is -2.28. The van der Waals surface area contributed by atoms with Crippen LogP contribution in [0.1, 0.15) is 5.56 Å². The molecule has 0 bridgehead atoms. The van der Waals surface area contributed by atoms with Crippen molar-refractivity contribution in [2.75, 3.05) is 12.4 Å². The Morgan fingerprint density at radius 2 is 2.05 bits per heavy atom. The fourth-order valence-corrected chi connectivity index (χ4v) is 1.54. The fraction of sp³-hybridized carbons (Fsp3) is 0.143. The van der Waals surface area contributed by atoms with Crippen molar-refractivity contribution in [2.24, 2.45) is 0 Å². The van der Waals surface area contributed by atoms with Gasteiger partial charge >= 0.3 is 6.03 Å². The van der Waals surface area contributed by atoms with Crippen LogP contribution in [0.5, 0.6) is 5.75 Å². The standard InChI is InChI=1S/C14H15N3O2/c1-19-13-6-4-11(5-7-13)9-16-14(18)17-12-3-2-8-15-10-12/h2-8,10H,9H2,1H3,(H2,16,17,18). The van der Waals surface area contributed by atoms with E-state index in [2.05, 4.69) is 15.6 Å². The van der Waals surface area contributed by atoms with Crippen LogP contribution in [-0.4, -0.2) is 18.1 Å². The van der Waals surface area contributed by atoms with E-state index >= 15 is 0 Å². The largest absolute Gasteiger partial charge is 0.497 e. The van der Waals surface area contributed by atoms with Crippen LogP contribution in [0, 0.1) is 0 Å². The minimum atomic E-state index is -0.260. The van der Waals surface area contributed by atoms with Gasteiger partial charge in [-0.05, 0) is 29.8 Å². The first kappa shape index (κ1) is 12.9. The van der Waals surface area contributed by atoms with E-state index in [-0.39, 0.29) is 6.03 Å². The number of nitrogens with zero attached hydrogens (tertiary/aromatic N) is 1. The molecule has 1 aromatic heterocycles. The van der Waals surface area contributed by atoms with Gasteiger partial charge in [0, 0.05) is 12.7 Å². The van der Waals surface area contributed by atoms with Crippen LogP contribution < -0.4 is 15.4 Å². The summed E-state index contributed by atoms with van der Waals surface area (Å²) < 4.78 is 5.07. The minimum absolute atomic E-state index is 0.260. The van der Waals surface area contributed by atoms with Gasteiger partial charge in [0.15, 0.2) is 0 Å². The molecule has 0 saturated carbocycles. The van der Waals surface area contributed by atoms with Gasteiger partial charge in [-0.2, -0.15) is 0 Å². The van der Waals surface area contributed by atoms with E-state index in [4.69, 9.17) is 4.74 Å². The normalized spacial score (nSPS) is 9.74. The van der Waals surface area contributed by atoms with Gasteiger partial charge in [-0.15, -0.1) is 0 Å². The Hall–Kier alpha value is -2.56. The highest BCUT2D eigenvalue weighted by atomic mass is 16.5. The van der Waals surface area contributed by atoms with Crippen molar-refractivity contribution >= 4 is 11.7 Å². The highest BCUT2D eigenvalue weighted by Crippen LogP contribution is 2.11. The summed E-state index contributed by atoms with van der Waals surface area (Å²) in [6.07, 6.45) is 3.24. The van der Waals surface area contributed by atoms with Gasteiger partial charge in [0.05, 0.1) is 19.0 Å². The quantitative estimate of drug-likeness (QED) is 0.884. The first-order chi connectivity index (χ1) is 9.28. The lowest BCUT2D eigenvalue weighted by atomic mass is 10.2. The number of ether oxygens (including phenoxy) is 1. The van der Waals surface area contributed by atoms with Gasteiger partial charge in [0.2, 0.25) is 0 Å². The van der Waals surface area contributed by atoms with Gasteiger partial charge in [-0.1, -0.05) is 12.1 Å². The average molecular weight is 257 g/mol. The summed E-state index contributed by atoms with van der Waals surface area (Å²) in [6, 6.07) is 10.8. The van der Waals surface area contributed by atoms with Gasteiger partial charge in [0.1, 0.15) is 5.75 Å². The molecule has 0 atom stereocenters. The Morgan fingerprint density at radius 1 is 1.26 bits per heavy atom. The van der Waals surface area contributed by atoms with Crippen molar-refractivity contribution in [2.45, 2.75) is 6.54 Å². The number of carbonyl (C=O) groups excluding carboxylic acids is 1. The van der Waals surface area contributed by atoms with Crippen LogP contribution in [0.3, 0.4) is 0 Å². The highest BCUT2D eigenvalue weighted by Gasteiger charge is 2.01. The summed E-state index contributed by atoms with van der Waals surface area (Å²) in [4.78, 5) is 15.6. The Bertz CT molecular complexity index is 526. The average Bonchev–Trinajstić information content (AvgIpc) is 2.47. The van der Waals surface area contributed by atoms with E-state index < -0.39 is 0 Å². The number of carbonyl (C=O) groups is 1. The molecule has 0 saturated heterocycles. The van der Waals surface area contributed by atoms with E-state index in [1.54, 1.807) is 31.6 Å². The van der Waals surface area contributed by atoms with E-state index in [9.17, 15) is 4.79 Å². The Balaban J connectivity index is 1.83. The fourth-order valence-electron chi connectivity index (χ4n) is 1.54. The number of pyridine rings is 1. The van der Waals surface area contributed by atoms with Crippen molar-refractivity contribution in [1.29, 1.82) is 0 Å². The van der Waals surface area contributed by atoms with E-state index in [1.807, 2.05) is 24.3 Å². The number of urea groups is 1. The summed E-state index contributed by atoms with van der Waals surface area (Å²) in [6.45, 7) is 0.454. The van der Waals surface area contributed by atoms with E-state index in [0.29, 0.717) is 12.2 Å². The number of nitrogens with one attached hydrogen (secondary N) is 2. The first-order valence-electron chi connectivity index (χ1n) is 5.86. The van der Waals surface area contributed by atoms with Crippen LogP contribution in [0.25, 0.3) is 0 Å². The molecular weight excluding hydrogens is 242 g/mol. The molecule has 0 aliphatic rings. The molecule has 0 fully saturated rings. The highest BCUT2D eigenvalue weighted by molar-refractivity contribution is 5.88. The minimum Gasteiger partial charge on any atom is -0.497 e. The van der Waals surface area contributed by atoms with Crippen molar-refractivity contribution in [3.8, 4) is 5.75 Å². The number of anilines is 1. The molecule has 0 spiro atoms. The molecule has 5 nitrogen and oxygen atoms in total. The number of rotatable bonds is 4. The summed E-state index contributed by atoms with van der Waals surface area (Å²) >= 11 is 0. The second kappa shape index (κ2) is 6.39. The molecule has 1 heterocycles. The van der Waals surface area contributed by atoms with Crippen LogP contribution in [0.4, 0.5) is 10.5 Å². The Kier molecular flexibility index (Phi) is 4.34. The maximum absolute atomic E-state index is 11.6. The molecule has 2 aromatic rings. The molecule has 5 heteroatoms. The number of hydrogen-bond acceptors (Lipinski definition) is 3. The Labute approximate surface area is 111 Å². The van der Waals surface area contributed by atoms with Crippen LogP contribution in [-0.2, 0) is 6.54 Å². The Morgan fingerprint density at radius 3 is 2.68 bits per heavy atom. The molecule has 2 rings (SSSR count). The lowest BCUT2D eigenvalue weighted by molar-refractivity contribution is 0.251. The van der Waals surface area contributed by atoms with Crippen molar-refractivity contribution in [1.82, 2.24) is 10.3 Å². The number of methoxy groups -OCH3 is 1. The summed E-state index contributed by atoms with van der Waals surface area (Å²) in [5.41, 5.74) is 1.66. The molecule has 2 N–H and O–H groups in total. The maximum Gasteiger partial charge on any atom is 0.319 e. The van der Waals surface area contributed by atoms with Crippen molar-refractivity contribution in [3.63, 3.8) is 0 Å². The number of hydrogen-bond donors (Lipinski definition) is 2. The molecule has 0 aliphatic heterocycles. The summed E-state index contributed by atoms with van der Waals surface area (Å²) in [7, 11) is 1.62. The topological polar surface area (TPSA) is 63.2 Å². The maximum atomic E-state index is 11.6. The molecule has 98 valence electrons. The lowest BCUT2D eigenvalue weighted by Gasteiger charge is -2.07. The monoisotopic (exact) mass is 257 g/mol. The molecule has 1 aromatic carbocycles. The molecule has 2 amide bonds. The van der Waals surface area contributed by atoms with Crippen LogP contribution >= 0.6 is 0 Å². The number of aromatic nitrogens is 1. The number of benzene rings is 1. The third-order valence-corrected chi connectivity index (χ3v) is 2.53. The van der Waals surface area contributed by atoms with Crippen molar-refractivity contribution in [3.05, 3.63) is 54.4 Å². The predicted molar refractivity (Wildman–Crippen MR) is 73.1 cm³/mol. The second-order valence-electron chi connectivity index (χ2n) is 3.90. The van der Waals surface area contributed by atoms with Gasteiger partial charge in [-0.25, -0.2) is 4.79 Å². The van der Waals surface area contributed by atoms with Gasteiger partial charge in [0.25, 0.3) is 0 Å². The molecule has 0 radical (unpaired) electrons. The zero-order valence-corrected chi connectivity index (χ0v) is 10.6. The third-order valence-electron chi connectivity index (χ3n) is 2.53. The van der Waals surface area contributed by atoms with Crippen LogP contribution in [0.2, 0.25) is 0 Å². The smallest absolute Gasteiger partial charge is 0.319 e. The van der Waals surface area contributed by atoms with Gasteiger partial charge < -0.3 is 15.4 Å². The summed E-state index contributed by atoms with van der Waals surface area (Å²) in [5, 5.41) is 5.46. The molecule has 19 heavy (non-hydrogen) atoms. The molecule has 0 unspecified atom stereocenters. The molecule has 0 aliphatic carbocycles. The summed E-state index contributed by atoms with van der Waals surface area (Å²) in [5.74, 6) is 0.795. The van der Waals surface area contributed by atoms with E-state index in [1.165, 1.54) is 0 Å². The first-order valence-corrected chi connectivity index (χ1v) is 5.86. The second-order valence-corrected chi connectivity index (χ2v) is 3.90. The van der Waals surface area contributed by atoms with Gasteiger partial charge in [-0.3, -0.25) is 4.98 Å². The zero-order valence-electron chi connectivity index (χ0n) is 10.6. The van der Waals surface area contributed by atoms with E-state index in [0.717, 1.165) is 11.3 Å². The third kappa shape index (κ3) is 3.99. The predicted octanol–water partition coefficient (Wildman–Crippen LogP) is 2.41.